The molecule has 3 rings (SSSR count). The minimum absolute atomic E-state index is 0.0528. The van der Waals surface area contributed by atoms with Crippen LogP contribution in [-0.2, 0) is 21.2 Å². The third kappa shape index (κ3) is 3.67. The van der Waals surface area contributed by atoms with Crippen molar-refractivity contribution in [2.24, 2.45) is 0 Å². The fraction of sp³-hybridized carbons (Fsp3) is 0.294. The van der Waals surface area contributed by atoms with E-state index >= 15 is 0 Å². The number of benzene rings is 1. The predicted octanol–water partition coefficient (Wildman–Crippen LogP) is 1.19. The SMILES string of the molecule is C[C@@](CCn1cc(-c2cnc3ccccc3n2)cn1)(C(=O)NO)S(C)(=O)=O. The van der Waals surface area contributed by atoms with Gasteiger partial charge in [-0.15, -0.1) is 0 Å². The van der Waals surface area contributed by atoms with Crippen molar-refractivity contribution >= 4 is 26.8 Å². The summed E-state index contributed by atoms with van der Waals surface area (Å²) in [4.78, 5) is 20.8. The molecule has 9 nitrogen and oxygen atoms in total. The van der Waals surface area contributed by atoms with E-state index in [9.17, 15) is 13.2 Å². The molecule has 27 heavy (non-hydrogen) atoms. The molecule has 0 aliphatic carbocycles. The summed E-state index contributed by atoms with van der Waals surface area (Å²) in [6, 6.07) is 7.49. The molecule has 2 N–H and O–H groups in total. The van der Waals surface area contributed by atoms with Gasteiger partial charge in [-0.3, -0.25) is 19.7 Å². The van der Waals surface area contributed by atoms with Gasteiger partial charge in [0.15, 0.2) is 14.6 Å². The zero-order chi connectivity index (χ0) is 19.7. The number of sulfone groups is 1. The van der Waals surface area contributed by atoms with E-state index < -0.39 is 20.5 Å². The fourth-order valence-electron chi connectivity index (χ4n) is 2.63. The Morgan fingerprint density at radius 3 is 2.63 bits per heavy atom. The van der Waals surface area contributed by atoms with Gasteiger partial charge in [0.05, 0.1) is 29.1 Å². The lowest BCUT2D eigenvalue weighted by molar-refractivity contribution is -0.131. The Bertz CT molecular complexity index is 1100. The molecule has 1 amide bonds. The van der Waals surface area contributed by atoms with Gasteiger partial charge >= 0.3 is 0 Å². The lowest BCUT2D eigenvalue weighted by atomic mass is 10.1. The first-order valence-corrected chi connectivity index (χ1v) is 10.0. The second kappa shape index (κ2) is 7.05. The maximum Gasteiger partial charge on any atom is 0.264 e. The molecule has 0 saturated carbocycles. The number of hydroxylamine groups is 1. The van der Waals surface area contributed by atoms with Crippen LogP contribution >= 0.6 is 0 Å². The molecule has 2 aromatic heterocycles. The van der Waals surface area contributed by atoms with E-state index in [4.69, 9.17) is 5.21 Å². The Balaban J connectivity index is 1.82. The summed E-state index contributed by atoms with van der Waals surface area (Å²) in [7, 11) is -3.75. The average molecular weight is 389 g/mol. The second-order valence-electron chi connectivity index (χ2n) is 6.43. The number of aromatic nitrogens is 4. The first-order valence-electron chi connectivity index (χ1n) is 8.13. The van der Waals surface area contributed by atoms with Gasteiger partial charge in [-0.25, -0.2) is 18.9 Å². The van der Waals surface area contributed by atoms with Crippen LogP contribution < -0.4 is 5.48 Å². The van der Waals surface area contributed by atoms with Gasteiger partial charge in [0.1, 0.15) is 0 Å². The molecule has 1 aromatic carbocycles. The molecule has 0 aliphatic heterocycles. The van der Waals surface area contributed by atoms with Crippen LogP contribution in [0.15, 0.2) is 42.9 Å². The van der Waals surface area contributed by atoms with Gasteiger partial charge < -0.3 is 0 Å². The molecular weight excluding hydrogens is 370 g/mol. The van der Waals surface area contributed by atoms with E-state index in [-0.39, 0.29) is 13.0 Å². The van der Waals surface area contributed by atoms with Gasteiger partial charge in [-0.05, 0) is 25.5 Å². The highest BCUT2D eigenvalue weighted by atomic mass is 32.2. The Labute approximate surface area is 155 Å². The first-order chi connectivity index (χ1) is 12.7. The molecule has 0 bridgehead atoms. The van der Waals surface area contributed by atoms with Crippen LogP contribution in [0.3, 0.4) is 0 Å². The van der Waals surface area contributed by atoms with Crippen LogP contribution in [0.2, 0.25) is 0 Å². The number of carbonyl (C=O) groups excluding carboxylic acids is 1. The maximum atomic E-state index is 12.0. The monoisotopic (exact) mass is 389 g/mol. The Morgan fingerprint density at radius 2 is 1.96 bits per heavy atom. The first kappa shape index (κ1) is 18.9. The highest BCUT2D eigenvalue weighted by Gasteiger charge is 2.43. The number of para-hydroxylation sites is 2. The Kier molecular flexibility index (Phi) is 4.94. The molecule has 142 valence electrons. The number of aryl methyl sites for hydroxylation is 1. The highest BCUT2D eigenvalue weighted by molar-refractivity contribution is 7.92. The summed E-state index contributed by atoms with van der Waals surface area (Å²) in [6.45, 7) is 1.44. The number of hydrogen-bond acceptors (Lipinski definition) is 7. The topological polar surface area (TPSA) is 127 Å². The summed E-state index contributed by atoms with van der Waals surface area (Å²) in [6.07, 6.45) is 5.86. The number of hydrogen-bond donors (Lipinski definition) is 2. The smallest absolute Gasteiger partial charge is 0.264 e. The summed E-state index contributed by atoms with van der Waals surface area (Å²) in [5, 5.41) is 13.1. The number of amides is 1. The van der Waals surface area contributed by atoms with Crippen molar-refractivity contribution in [3.05, 3.63) is 42.9 Å². The van der Waals surface area contributed by atoms with Crippen molar-refractivity contribution in [3.8, 4) is 11.3 Å². The molecule has 0 saturated heterocycles. The van der Waals surface area contributed by atoms with Crippen LogP contribution in [0.4, 0.5) is 0 Å². The Morgan fingerprint density at radius 1 is 1.26 bits per heavy atom. The average Bonchev–Trinajstić information content (AvgIpc) is 3.13. The molecule has 0 aliphatic rings. The Hall–Kier alpha value is -2.85. The molecule has 3 aromatic rings. The fourth-order valence-corrected chi connectivity index (χ4v) is 3.47. The predicted molar refractivity (Wildman–Crippen MR) is 98.6 cm³/mol. The maximum absolute atomic E-state index is 12.0. The van der Waals surface area contributed by atoms with Crippen LogP contribution in [0.5, 0.6) is 0 Å². The minimum atomic E-state index is -3.75. The van der Waals surface area contributed by atoms with Gasteiger partial charge in [-0.1, -0.05) is 12.1 Å². The number of nitrogens with one attached hydrogen (secondary N) is 1. The second-order valence-corrected chi connectivity index (χ2v) is 8.88. The van der Waals surface area contributed by atoms with Crippen molar-refractivity contribution in [3.63, 3.8) is 0 Å². The number of rotatable bonds is 6. The van der Waals surface area contributed by atoms with E-state index in [0.717, 1.165) is 22.9 Å². The van der Waals surface area contributed by atoms with Crippen molar-refractivity contribution in [1.82, 2.24) is 25.2 Å². The van der Waals surface area contributed by atoms with E-state index in [1.54, 1.807) is 18.6 Å². The summed E-state index contributed by atoms with van der Waals surface area (Å²) in [5.41, 5.74) is 4.33. The largest absolute Gasteiger partial charge is 0.289 e. The number of fused-ring (bicyclic) bond motifs is 1. The molecule has 1 atom stereocenters. The highest BCUT2D eigenvalue weighted by Crippen LogP contribution is 2.23. The zero-order valence-corrected chi connectivity index (χ0v) is 15.6. The van der Waals surface area contributed by atoms with Gasteiger partial charge in [0.25, 0.3) is 5.91 Å². The summed E-state index contributed by atoms with van der Waals surface area (Å²) >= 11 is 0. The molecule has 10 heteroatoms. The molecule has 0 unspecified atom stereocenters. The van der Waals surface area contributed by atoms with E-state index in [0.29, 0.717) is 5.69 Å². The quantitative estimate of drug-likeness (QED) is 0.479. The standard InChI is InChI=1S/C17H19N5O4S/c1-17(16(23)21-24,27(2,25)26)7-8-22-11-12(9-19-22)15-10-18-13-5-3-4-6-14(13)20-15/h3-6,9-11,24H,7-8H2,1-2H3,(H,21,23)/t17-/m1/s1. The van der Waals surface area contributed by atoms with Crippen molar-refractivity contribution in [1.29, 1.82) is 0 Å². The van der Waals surface area contributed by atoms with E-state index in [1.165, 1.54) is 17.1 Å². The summed E-state index contributed by atoms with van der Waals surface area (Å²) < 4.78 is 23.8. The third-order valence-corrected chi connectivity index (χ3v) is 6.62. The number of carbonyl (C=O) groups is 1. The number of nitrogens with zero attached hydrogens (tertiary/aromatic N) is 4. The molecule has 0 radical (unpaired) electrons. The van der Waals surface area contributed by atoms with Gasteiger partial charge in [-0.2, -0.15) is 5.10 Å². The van der Waals surface area contributed by atoms with E-state index in [1.807, 2.05) is 24.3 Å². The lowest BCUT2D eigenvalue weighted by Gasteiger charge is -2.24. The lowest BCUT2D eigenvalue weighted by Crippen LogP contribution is -2.49. The zero-order valence-electron chi connectivity index (χ0n) is 14.8. The van der Waals surface area contributed by atoms with Crippen LogP contribution in [0.1, 0.15) is 13.3 Å². The molecule has 2 heterocycles. The van der Waals surface area contributed by atoms with Crippen LogP contribution in [-0.4, -0.2) is 50.3 Å². The molecular formula is C17H19N5O4S. The van der Waals surface area contributed by atoms with Crippen molar-refractivity contribution in [2.75, 3.05) is 6.26 Å². The normalized spacial score (nSPS) is 14.0. The van der Waals surface area contributed by atoms with Gasteiger partial charge in [0.2, 0.25) is 0 Å². The van der Waals surface area contributed by atoms with E-state index in [2.05, 4.69) is 15.1 Å². The summed E-state index contributed by atoms with van der Waals surface area (Å²) in [5.74, 6) is -0.974. The molecule has 0 fully saturated rings. The van der Waals surface area contributed by atoms with Crippen molar-refractivity contribution in [2.45, 2.75) is 24.6 Å². The molecule has 0 spiro atoms. The van der Waals surface area contributed by atoms with Gasteiger partial charge in [0, 0.05) is 24.6 Å². The van der Waals surface area contributed by atoms with Crippen molar-refractivity contribution < 1.29 is 18.4 Å². The third-order valence-electron chi connectivity index (χ3n) is 4.60. The minimum Gasteiger partial charge on any atom is -0.289 e. The van der Waals surface area contributed by atoms with Crippen LogP contribution in [0, 0.1) is 0 Å². The van der Waals surface area contributed by atoms with Crippen LogP contribution in [0.25, 0.3) is 22.3 Å².